The van der Waals surface area contributed by atoms with E-state index < -0.39 is 5.56 Å². The third-order valence-electron chi connectivity index (χ3n) is 3.27. The van der Waals surface area contributed by atoms with Crippen molar-refractivity contribution in [3.8, 4) is 23.1 Å². The third-order valence-corrected chi connectivity index (χ3v) is 3.27. The largest absolute Gasteiger partial charge is 0.494 e. The van der Waals surface area contributed by atoms with E-state index in [1.807, 2.05) is 39.0 Å². The number of nitrogens with one attached hydrogen (secondary N) is 1. The second-order valence-electron chi connectivity index (χ2n) is 4.63. The number of aromatic hydroxyl groups is 1. The predicted octanol–water partition coefficient (Wildman–Crippen LogP) is 2.54. The zero-order valence-corrected chi connectivity index (χ0v) is 11.0. The molecular weight excluding hydrogens is 240 g/mol. The summed E-state index contributed by atoms with van der Waals surface area (Å²) in [6.45, 7) is 5.89. The standard InChI is InChI=1S/C15H14N2O2/c1-8-4-10(3)11(5-9(8)2)12-6-14(18)17-15(19)13(12)7-16/h4-6H,1-3H3,(H2,17,18,19). The molecule has 19 heavy (non-hydrogen) atoms. The Balaban J connectivity index is 2.83. The maximum atomic E-state index is 11.5. The van der Waals surface area contributed by atoms with E-state index >= 15 is 0 Å². The van der Waals surface area contributed by atoms with Crippen LogP contribution in [0.1, 0.15) is 22.3 Å². The van der Waals surface area contributed by atoms with Crippen molar-refractivity contribution < 1.29 is 5.11 Å². The van der Waals surface area contributed by atoms with Crippen molar-refractivity contribution in [2.75, 3.05) is 0 Å². The minimum atomic E-state index is -0.427. The highest BCUT2D eigenvalue weighted by Gasteiger charge is 2.14. The van der Waals surface area contributed by atoms with Gasteiger partial charge in [0.25, 0.3) is 5.56 Å². The molecule has 0 saturated carbocycles. The molecule has 2 aromatic rings. The molecule has 4 heteroatoms. The first-order valence-electron chi connectivity index (χ1n) is 5.88. The number of aromatic amines is 1. The van der Waals surface area contributed by atoms with Crippen molar-refractivity contribution in [1.29, 1.82) is 5.26 Å². The molecule has 0 atom stereocenters. The number of aryl methyl sites for hydroxylation is 3. The minimum Gasteiger partial charge on any atom is -0.494 e. The molecule has 0 bridgehead atoms. The van der Waals surface area contributed by atoms with Crippen LogP contribution in [0.3, 0.4) is 0 Å². The van der Waals surface area contributed by atoms with Gasteiger partial charge in [-0.05, 0) is 43.0 Å². The van der Waals surface area contributed by atoms with Crippen LogP contribution in [0.4, 0.5) is 0 Å². The molecule has 1 heterocycles. The van der Waals surface area contributed by atoms with Crippen molar-refractivity contribution in [3.63, 3.8) is 0 Å². The Morgan fingerprint density at radius 2 is 1.68 bits per heavy atom. The molecule has 1 aromatic heterocycles. The number of nitrogens with zero attached hydrogens (tertiary/aromatic N) is 1. The third kappa shape index (κ3) is 2.23. The van der Waals surface area contributed by atoms with Gasteiger partial charge < -0.3 is 5.11 Å². The van der Waals surface area contributed by atoms with Gasteiger partial charge in [0.05, 0.1) is 0 Å². The van der Waals surface area contributed by atoms with E-state index in [0.29, 0.717) is 5.56 Å². The maximum absolute atomic E-state index is 11.5. The van der Waals surface area contributed by atoms with Gasteiger partial charge in [-0.1, -0.05) is 12.1 Å². The average molecular weight is 254 g/mol. The van der Waals surface area contributed by atoms with Gasteiger partial charge in [0.2, 0.25) is 5.88 Å². The minimum absolute atomic E-state index is 0.0888. The SMILES string of the molecule is Cc1cc(C)c(-c2cc(=O)[nH]c(O)c2C#N)cc1C. The van der Waals surface area contributed by atoms with E-state index in [-0.39, 0.29) is 11.4 Å². The van der Waals surface area contributed by atoms with Crippen LogP contribution < -0.4 is 5.56 Å². The summed E-state index contributed by atoms with van der Waals surface area (Å²) in [4.78, 5) is 13.7. The Hall–Kier alpha value is -2.54. The zero-order valence-electron chi connectivity index (χ0n) is 11.0. The van der Waals surface area contributed by atoms with Gasteiger partial charge in [0.15, 0.2) is 0 Å². The van der Waals surface area contributed by atoms with Gasteiger partial charge in [-0.2, -0.15) is 5.26 Å². The van der Waals surface area contributed by atoms with Gasteiger partial charge in [-0.25, -0.2) is 0 Å². The molecule has 0 aliphatic carbocycles. The molecule has 0 spiro atoms. The number of nitriles is 1. The van der Waals surface area contributed by atoms with Gasteiger partial charge in [-0.15, -0.1) is 0 Å². The van der Waals surface area contributed by atoms with Crippen LogP contribution in [0.5, 0.6) is 5.88 Å². The summed E-state index contributed by atoms with van der Waals surface area (Å²) in [6.07, 6.45) is 0. The number of H-pyrrole nitrogens is 1. The fourth-order valence-corrected chi connectivity index (χ4v) is 2.12. The summed E-state index contributed by atoms with van der Waals surface area (Å²) in [5, 5.41) is 18.8. The molecule has 1 aromatic carbocycles. The lowest BCUT2D eigenvalue weighted by Crippen LogP contribution is -2.06. The molecule has 0 aliphatic rings. The summed E-state index contributed by atoms with van der Waals surface area (Å²) in [6, 6.07) is 7.21. The molecule has 0 fully saturated rings. The van der Waals surface area contributed by atoms with Crippen molar-refractivity contribution >= 4 is 0 Å². The summed E-state index contributed by atoms with van der Waals surface area (Å²) in [5.41, 5.74) is 4.10. The fraction of sp³-hybridized carbons (Fsp3) is 0.200. The first-order valence-corrected chi connectivity index (χ1v) is 5.88. The summed E-state index contributed by atoms with van der Waals surface area (Å²) >= 11 is 0. The van der Waals surface area contributed by atoms with Crippen molar-refractivity contribution in [2.24, 2.45) is 0 Å². The normalized spacial score (nSPS) is 10.2. The highest BCUT2D eigenvalue weighted by Crippen LogP contribution is 2.30. The van der Waals surface area contributed by atoms with E-state index in [9.17, 15) is 9.90 Å². The van der Waals surface area contributed by atoms with E-state index in [1.54, 1.807) is 0 Å². The van der Waals surface area contributed by atoms with E-state index in [0.717, 1.165) is 22.3 Å². The van der Waals surface area contributed by atoms with Crippen LogP contribution in [0.15, 0.2) is 23.0 Å². The summed E-state index contributed by atoms with van der Waals surface area (Å²) in [5.74, 6) is -0.386. The van der Waals surface area contributed by atoms with Crippen LogP contribution >= 0.6 is 0 Å². The molecule has 0 saturated heterocycles. The number of aromatic nitrogens is 1. The topological polar surface area (TPSA) is 76.9 Å². The van der Waals surface area contributed by atoms with Crippen molar-refractivity contribution in [2.45, 2.75) is 20.8 Å². The number of benzene rings is 1. The van der Waals surface area contributed by atoms with E-state index in [4.69, 9.17) is 5.26 Å². The average Bonchev–Trinajstić information content (AvgIpc) is 2.33. The van der Waals surface area contributed by atoms with E-state index in [1.165, 1.54) is 6.07 Å². The molecule has 2 N–H and O–H groups in total. The molecule has 0 radical (unpaired) electrons. The molecule has 0 unspecified atom stereocenters. The molecule has 4 nitrogen and oxygen atoms in total. The number of rotatable bonds is 1. The lowest BCUT2D eigenvalue weighted by Gasteiger charge is -2.11. The maximum Gasteiger partial charge on any atom is 0.251 e. The Morgan fingerprint density at radius 1 is 1.05 bits per heavy atom. The fourth-order valence-electron chi connectivity index (χ4n) is 2.12. The lowest BCUT2D eigenvalue weighted by atomic mass is 9.93. The van der Waals surface area contributed by atoms with Gasteiger partial charge in [-0.3, -0.25) is 9.78 Å². The second kappa shape index (κ2) is 4.62. The quantitative estimate of drug-likeness (QED) is 0.821. The first kappa shape index (κ1) is 12.9. The van der Waals surface area contributed by atoms with Gasteiger partial charge in [0, 0.05) is 11.6 Å². The molecular formula is C15H14N2O2. The first-order chi connectivity index (χ1) is 8.93. The summed E-state index contributed by atoms with van der Waals surface area (Å²) in [7, 11) is 0. The Bertz CT molecular complexity index is 752. The molecule has 2 rings (SSSR count). The number of hydrogen-bond donors (Lipinski definition) is 2. The van der Waals surface area contributed by atoms with E-state index in [2.05, 4.69) is 4.98 Å². The molecule has 0 aliphatic heterocycles. The summed E-state index contributed by atoms with van der Waals surface area (Å²) < 4.78 is 0. The van der Waals surface area contributed by atoms with Crippen molar-refractivity contribution in [1.82, 2.24) is 4.98 Å². The van der Waals surface area contributed by atoms with Crippen LogP contribution in [-0.4, -0.2) is 10.1 Å². The zero-order chi connectivity index (χ0) is 14.2. The Morgan fingerprint density at radius 3 is 2.32 bits per heavy atom. The smallest absolute Gasteiger partial charge is 0.251 e. The van der Waals surface area contributed by atoms with Crippen LogP contribution in [0, 0.1) is 32.1 Å². The van der Waals surface area contributed by atoms with Crippen LogP contribution in [-0.2, 0) is 0 Å². The van der Waals surface area contributed by atoms with Crippen LogP contribution in [0.2, 0.25) is 0 Å². The number of hydrogen-bond acceptors (Lipinski definition) is 3. The lowest BCUT2D eigenvalue weighted by molar-refractivity contribution is 0.450. The molecule has 96 valence electrons. The van der Waals surface area contributed by atoms with Gasteiger partial charge >= 0.3 is 0 Å². The highest BCUT2D eigenvalue weighted by atomic mass is 16.3. The monoisotopic (exact) mass is 254 g/mol. The Kier molecular flexibility index (Phi) is 3.14. The van der Waals surface area contributed by atoms with Crippen LogP contribution in [0.25, 0.3) is 11.1 Å². The van der Waals surface area contributed by atoms with Crippen molar-refractivity contribution in [3.05, 3.63) is 50.8 Å². The highest BCUT2D eigenvalue weighted by molar-refractivity contribution is 5.75. The van der Waals surface area contributed by atoms with Gasteiger partial charge in [0.1, 0.15) is 11.6 Å². The molecule has 0 amide bonds. The number of pyridine rings is 1. The second-order valence-corrected chi connectivity index (χ2v) is 4.63. The predicted molar refractivity (Wildman–Crippen MR) is 73.1 cm³/mol. The Labute approximate surface area is 111 Å².